The minimum absolute atomic E-state index is 0.194. The summed E-state index contributed by atoms with van der Waals surface area (Å²) in [6.45, 7) is 0. The van der Waals surface area contributed by atoms with E-state index in [2.05, 4.69) is 15.5 Å². The summed E-state index contributed by atoms with van der Waals surface area (Å²) in [5.41, 5.74) is 1.46. The van der Waals surface area contributed by atoms with E-state index in [1.54, 1.807) is 30.5 Å². The number of nitrogens with one attached hydrogen (secondary N) is 2. The van der Waals surface area contributed by atoms with Gasteiger partial charge >= 0.3 is 5.63 Å². The molecule has 7 heteroatoms. The molecule has 0 aliphatic rings. The number of amides is 1. The SMILES string of the molecule is O=C(Nc1cccc(-c2ccn[nH]2)c1)c1cc2cc(F)ccc2c(=O)o1. The molecule has 2 aromatic heterocycles. The molecule has 0 fully saturated rings. The molecule has 0 unspecified atom stereocenters. The van der Waals surface area contributed by atoms with Crippen molar-refractivity contribution in [2.24, 2.45) is 0 Å². The average Bonchev–Trinajstić information content (AvgIpc) is 3.16. The van der Waals surface area contributed by atoms with Crippen molar-refractivity contribution in [2.45, 2.75) is 0 Å². The van der Waals surface area contributed by atoms with E-state index in [1.165, 1.54) is 24.3 Å². The highest BCUT2D eigenvalue weighted by Gasteiger charge is 2.13. The molecule has 0 aliphatic heterocycles. The van der Waals surface area contributed by atoms with Gasteiger partial charge in [-0.1, -0.05) is 12.1 Å². The Morgan fingerprint density at radius 1 is 1.12 bits per heavy atom. The third-order valence-electron chi connectivity index (χ3n) is 3.88. The smallest absolute Gasteiger partial charge is 0.344 e. The van der Waals surface area contributed by atoms with Crippen LogP contribution >= 0.6 is 0 Å². The third kappa shape index (κ3) is 2.98. The fourth-order valence-corrected chi connectivity index (χ4v) is 2.65. The number of nitrogens with zero attached hydrogens (tertiary/aromatic N) is 1. The van der Waals surface area contributed by atoms with Crippen LogP contribution in [0.5, 0.6) is 0 Å². The third-order valence-corrected chi connectivity index (χ3v) is 3.88. The van der Waals surface area contributed by atoms with Gasteiger partial charge in [-0.2, -0.15) is 5.10 Å². The number of anilines is 1. The maximum Gasteiger partial charge on any atom is 0.344 e. The van der Waals surface area contributed by atoms with E-state index < -0.39 is 17.3 Å². The van der Waals surface area contributed by atoms with Gasteiger partial charge in [0.1, 0.15) is 5.82 Å². The first-order chi connectivity index (χ1) is 12.6. The van der Waals surface area contributed by atoms with Crippen LogP contribution in [0.25, 0.3) is 22.0 Å². The number of rotatable bonds is 3. The van der Waals surface area contributed by atoms with Crippen LogP contribution < -0.4 is 10.9 Å². The van der Waals surface area contributed by atoms with E-state index >= 15 is 0 Å². The molecule has 2 heterocycles. The second-order valence-corrected chi connectivity index (χ2v) is 5.63. The van der Waals surface area contributed by atoms with Crippen molar-refractivity contribution in [1.29, 1.82) is 0 Å². The molecule has 2 N–H and O–H groups in total. The molecule has 0 saturated heterocycles. The lowest BCUT2D eigenvalue weighted by Crippen LogP contribution is -2.15. The highest BCUT2D eigenvalue weighted by Crippen LogP contribution is 2.21. The molecule has 0 saturated carbocycles. The largest absolute Gasteiger partial charge is 0.417 e. The van der Waals surface area contributed by atoms with Crippen molar-refractivity contribution in [3.05, 3.63) is 82.8 Å². The molecule has 0 radical (unpaired) electrons. The van der Waals surface area contributed by atoms with E-state index in [0.29, 0.717) is 11.1 Å². The maximum atomic E-state index is 13.4. The number of halogens is 1. The van der Waals surface area contributed by atoms with E-state index in [1.807, 2.05) is 6.07 Å². The van der Waals surface area contributed by atoms with Gasteiger partial charge in [0.15, 0.2) is 5.76 Å². The van der Waals surface area contributed by atoms with Gasteiger partial charge in [0.05, 0.1) is 11.1 Å². The lowest BCUT2D eigenvalue weighted by molar-refractivity contribution is 0.0993. The number of carbonyl (C=O) groups is 1. The lowest BCUT2D eigenvalue weighted by atomic mass is 10.1. The van der Waals surface area contributed by atoms with Gasteiger partial charge in [-0.3, -0.25) is 9.89 Å². The summed E-state index contributed by atoms with van der Waals surface area (Å²) in [4.78, 5) is 24.4. The van der Waals surface area contributed by atoms with Crippen LogP contribution in [0.3, 0.4) is 0 Å². The molecule has 2 aromatic carbocycles. The van der Waals surface area contributed by atoms with Crippen molar-refractivity contribution in [2.75, 3.05) is 5.32 Å². The van der Waals surface area contributed by atoms with Crippen LogP contribution in [-0.4, -0.2) is 16.1 Å². The van der Waals surface area contributed by atoms with Gasteiger partial charge in [-0.15, -0.1) is 0 Å². The predicted molar refractivity (Wildman–Crippen MR) is 94.4 cm³/mol. The molecule has 1 amide bonds. The zero-order valence-corrected chi connectivity index (χ0v) is 13.3. The second kappa shape index (κ2) is 6.29. The van der Waals surface area contributed by atoms with Crippen molar-refractivity contribution < 1.29 is 13.6 Å². The highest BCUT2D eigenvalue weighted by atomic mass is 19.1. The summed E-state index contributed by atoms with van der Waals surface area (Å²) >= 11 is 0. The summed E-state index contributed by atoms with van der Waals surface area (Å²) in [7, 11) is 0. The van der Waals surface area contributed by atoms with Crippen molar-refractivity contribution in [3.63, 3.8) is 0 Å². The molecule has 0 aliphatic carbocycles. The van der Waals surface area contributed by atoms with Crippen LogP contribution in [0, 0.1) is 5.82 Å². The Labute approximate surface area is 146 Å². The first-order valence-electron chi connectivity index (χ1n) is 7.75. The number of H-pyrrole nitrogens is 1. The van der Waals surface area contributed by atoms with Crippen LogP contribution in [-0.2, 0) is 0 Å². The average molecular weight is 349 g/mol. The first-order valence-corrected chi connectivity index (χ1v) is 7.75. The Morgan fingerprint density at radius 2 is 2.00 bits per heavy atom. The Bertz CT molecular complexity index is 1170. The van der Waals surface area contributed by atoms with Crippen LogP contribution in [0.4, 0.5) is 10.1 Å². The number of fused-ring (bicyclic) bond motifs is 1. The summed E-state index contributed by atoms with van der Waals surface area (Å²) in [6.07, 6.45) is 1.63. The molecule has 0 spiro atoms. The Morgan fingerprint density at radius 3 is 2.81 bits per heavy atom. The Hall–Kier alpha value is -3.74. The molecule has 26 heavy (non-hydrogen) atoms. The van der Waals surface area contributed by atoms with Gasteiger partial charge in [0.25, 0.3) is 5.91 Å². The van der Waals surface area contributed by atoms with Crippen molar-refractivity contribution >= 4 is 22.4 Å². The summed E-state index contributed by atoms with van der Waals surface area (Å²) in [6, 6.07) is 13.9. The number of hydrogen-bond donors (Lipinski definition) is 2. The molecule has 0 bridgehead atoms. The van der Waals surface area contributed by atoms with Crippen molar-refractivity contribution in [1.82, 2.24) is 10.2 Å². The normalized spacial score (nSPS) is 10.8. The molecular formula is C19H12FN3O3. The summed E-state index contributed by atoms with van der Waals surface area (Å²) in [5.74, 6) is -1.29. The minimum Gasteiger partial charge on any atom is -0.417 e. The number of aromatic nitrogens is 2. The van der Waals surface area contributed by atoms with Crippen LogP contribution in [0.2, 0.25) is 0 Å². The van der Waals surface area contributed by atoms with Gasteiger partial charge in [0, 0.05) is 17.4 Å². The van der Waals surface area contributed by atoms with E-state index in [-0.39, 0.29) is 11.1 Å². The first kappa shape index (κ1) is 15.8. The highest BCUT2D eigenvalue weighted by molar-refractivity contribution is 6.04. The molecule has 0 atom stereocenters. The molecular weight excluding hydrogens is 337 g/mol. The van der Waals surface area contributed by atoms with Gasteiger partial charge < -0.3 is 9.73 Å². The minimum atomic E-state index is -0.695. The predicted octanol–water partition coefficient (Wildman–Crippen LogP) is 3.57. The summed E-state index contributed by atoms with van der Waals surface area (Å²) < 4.78 is 18.4. The molecule has 128 valence electrons. The van der Waals surface area contributed by atoms with Gasteiger partial charge in [0.2, 0.25) is 0 Å². The van der Waals surface area contributed by atoms with Gasteiger partial charge in [-0.25, -0.2) is 9.18 Å². The number of benzene rings is 2. The second-order valence-electron chi connectivity index (χ2n) is 5.63. The number of hydrogen-bond acceptors (Lipinski definition) is 4. The Balaban J connectivity index is 1.66. The summed E-state index contributed by atoms with van der Waals surface area (Å²) in [5, 5.41) is 9.91. The number of carbonyl (C=O) groups excluding carboxylic acids is 1. The van der Waals surface area contributed by atoms with Crippen LogP contribution in [0.1, 0.15) is 10.6 Å². The number of aromatic amines is 1. The van der Waals surface area contributed by atoms with Crippen molar-refractivity contribution in [3.8, 4) is 11.3 Å². The van der Waals surface area contributed by atoms with E-state index in [4.69, 9.17) is 4.42 Å². The molecule has 4 aromatic rings. The standard InChI is InChI=1S/C19H12FN3O3/c20-13-4-5-15-12(8-13)10-17(26-19(15)25)18(24)22-14-3-1-2-11(9-14)16-6-7-21-23-16/h1-10H,(H,21,23)(H,22,24). The fourth-order valence-electron chi connectivity index (χ4n) is 2.65. The molecule has 4 rings (SSSR count). The zero-order chi connectivity index (χ0) is 18.1. The maximum absolute atomic E-state index is 13.4. The Kier molecular flexibility index (Phi) is 3.81. The zero-order valence-electron chi connectivity index (χ0n) is 13.3. The monoisotopic (exact) mass is 349 g/mol. The van der Waals surface area contributed by atoms with Crippen LogP contribution in [0.15, 0.2) is 70.0 Å². The molecule has 6 nitrogen and oxygen atoms in total. The van der Waals surface area contributed by atoms with E-state index in [9.17, 15) is 14.0 Å². The quantitative estimate of drug-likeness (QED) is 0.592. The topological polar surface area (TPSA) is 88.0 Å². The fraction of sp³-hybridized carbons (Fsp3) is 0. The van der Waals surface area contributed by atoms with Gasteiger partial charge in [-0.05, 0) is 47.9 Å². The lowest BCUT2D eigenvalue weighted by Gasteiger charge is -2.07. The van der Waals surface area contributed by atoms with E-state index in [0.717, 1.165) is 11.3 Å².